The molecule has 0 aliphatic carbocycles. The average Bonchev–Trinajstić information content (AvgIpc) is 2.99. The number of nitrogens with two attached hydrogens (primary N) is 1. The largest absolute Gasteiger partial charge is 0.395 e. The van der Waals surface area contributed by atoms with E-state index < -0.39 is 50.9 Å². The Bertz CT molecular complexity index is 1880. The zero-order valence-electron chi connectivity index (χ0n) is 24.3. The van der Waals surface area contributed by atoms with E-state index in [9.17, 15) is 18.4 Å². The highest BCUT2D eigenvalue weighted by Crippen LogP contribution is 2.40. The van der Waals surface area contributed by atoms with E-state index in [1.165, 1.54) is 6.08 Å². The van der Waals surface area contributed by atoms with Crippen molar-refractivity contribution >= 4 is 40.0 Å². The Morgan fingerprint density at radius 3 is 2.50 bits per heavy atom. The van der Waals surface area contributed by atoms with Crippen LogP contribution in [0.15, 0.2) is 35.8 Å². The monoisotopic (exact) mass is 629 g/mol. The number of hydrogen-bond donors (Lipinski definition) is 1. The van der Waals surface area contributed by atoms with Crippen molar-refractivity contribution in [2.45, 2.75) is 39.7 Å². The zero-order chi connectivity index (χ0) is 32.2. The van der Waals surface area contributed by atoms with E-state index in [-0.39, 0.29) is 54.4 Å². The van der Waals surface area contributed by atoms with Crippen LogP contribution in [0.25, 0.3) is 28.0 Å². The number of aryl methyl sites for hydroxylation is 1. The van der Waals surface area contributed by atoms with Crippen LogP contribution in [-0.4, -0.2) is 56.0 Å². The second kappa shape index (κ2) is 11.5. The van der Waals surface area contributed by atoms with Gasteiger partial charge in [-0.3, -0.25) is 9.78 Å². The van der Waals surface area contributed by atoms with Crippen molar-refractivity contribution in [1.82, 2.24) is 24.4 Å². The van der Waals surface area contributed by atoms with Crippen molar-refractivity contribution in [2.24, 2.45) is 0 Å². The number of benzene rings is 1. The van der Waals surface area contributed by atoms with Crippen LogP contribution in [0.3, 0.4) is 0 Å². The number of hydrogen-bond acceptors (Lipinski definition) is 7. The van der Waals surface area contributed by atoms with Crippen molar-refractivity contribution in [2.75, 3.05) is 30.3 Å². The number of halogens is 5. The number of carbonyl (C=O) groups excluding carboxylic acids is 1. The van der Waals surface area contributed by atoms with E-state index in [4.69, 9.17) is 17.3 Å². The number of anilines is 2. The summed E-state index contributed by atoms with van der Waals surface area (Å²) in [6.07, 6.45) is 2.78. The van der Waals surface area contributed by atoms with Gasteiger partial charge in [0.05, 0.1) is 33.0 Å². The fourth-order valence-corrected chi connectivity index (χ4v) is 5.72. The summed E-state index contributed by atoms with van der Waals surface area (Å²) in [7, 11) is 0. The summed E-state index contributed by atoms with van der Waals surface area (Å²) in [6, 6.07) is 2.33. The van der Waals surface area contributed by atoms with Gasteiger partial charge in [-0.1, -0.05) is 32.0 Å². The topological polar surface area (TPSA) is 110 Å². The molecule has 4 aromatic rings. The van der Waals surface area contributed by atoms with Gasteiger partial charge in [0.25, 0.3) is 0 Å². The van der Waals surface area contributed by atoms with E-state index in [0.29, 0.717) is 16.9 Å². The van der Waals surface area contributed by atoms with Crippen LogP contribution in [0.2, 0.25) is 5.02 Å². The smallest absolute Gasteiger partial charge is 0.355 e. The molecule has 3 aromatic heterocycles. The molecule has 5 rings (SSSR count). The Labute approximate surface area is 254 Å². The molecule has 4 heterocycles. The minimum Gasteiger partial charge on any atom is -0.395 e. The molecule has 2 N–H and O–H groups in total. The maximum atomic E-state index is 15.9. The standard InChI is InChI=1S/C30H28ClF4N7O2/c1-6-18(43)41-10-9-40(12-15(41)5)28-16-11-17(32)26(19-20(31)24(36)23(35)22(34)21(19)33)38-29(16)42(30(44)39-28)27-14(4)7-8-37-25(27)13(2)3/h6-8,11,13,15H,1,9-10,12,36H2,2-5H3. The lowest BCUT2D eigenvalue weighted by Gasteiger charge is -2.40. The van der Waals surface area contributed by atoms with Gasteiger partial charge in [-0.2, -0.15) is 4.98 Å². The van der Waals surface area contributed by atoms with Gasteiger partial charge < -0.3 is 15.5 Å². The molecule has 1 unspecified atom stereocenters. The summed E-state index contributed by atoms with van der Waals surface area (Å²) >= 11 is 6.12. The second-order valence-corrected chi connectivity index (χ2v) is 11.2. The van der Waals surface area contributed by atoms with Crippen molar-refractivity contribution in [3.8, 4) is 16.9 Å². The third kappa shape index (κ3) is 4.94. The molecule has 9 nitrogen and oxygen atoms in total. The van der Waals surface area contributed by atoms with Gasteiger partial charge in [-0.05, 0) is 43.5 Å². The van der Waals surface area contributed by atoms with E-state index in [2.05, 4.69) is 21.5 Å². The lowest BCUT2D eigenvalue weighted by Crippen LogP contribution is -2.54. The normalized spacial score (nSPS) is 15.4. The van der Waals surface area contributed by atoms with Gasteiger partial charge >= 0.3 is 5.69 Å². The van der Waals surface area contributed by atoms with Crippen molar-refractivity contribution in [3.63, 3.8) is 0 Å². The van der Waals surface area contributed by atoms with Gasteiger partial charge in [0, 0.05) is 31.9 Å². The molecule has 14 heteroatoms. The van der Waals surface area contributed by atoms with Crippen LogP contribution in [0.5, 0.6) is 0 Å². The molecule has 0 saturated carbocycles. The molecule has 0 spiro atoms. The van der Waals surface area contributed by atoms with E-state index in [1.807, 2.05) is 13.8 Å². The number of piperazine rings is 1. The SMILES string of the molecule is C=CC(=O)N1CCN(c2nc(=O)n(-c3c(C)ccnc3C(C)C)c3nc(-c4c(F)c(F)c(F)c(N)c4Cl)c(F)cc23)CC1C. The minimum absolute atomic E-state index is 0.0617. The fraction of sp³-hybridized carbons (Fsp3) is 0.300. The molecule has 1 aliphatic heterocycles. The first-order valence-electron chi connectivity index (χ1n) is 13.7. The van der Waals surface area contributed by atoms with Crippen LogP contribution in [0.4, 0.5) is 29.1 Å². The van der Waals surface area contributed by atoms with E-state index in [1.54, 1.807) is 35.9 Å². The molecule has 1 saturated heterocycles. The lowest BCUT2D eigenvalue weighted by molar-refractivity contribution is -0.128. The molecular formula is C30H28ClF4N7O2. The molecule has 1 amide bonds. The Morgan fingerprint density at radius 1 is 1.16 bits per heavy atom. The summed E-state index contributed by atoms with van der Waals surface area (Å²) in [5.41, 5.74) is 3.42. The second-order valence-electron chi connectivity index (χ2n) is 10.8. The summed E-state index contributed by atoms with van der Waals surface area (Å²) < 4.78 is 60.8. The number of nitrogens with zero attached hydrogens (tertiary/aromatic N) is 6. The van der Waals surface area contributed by atoms with E-state index >= 15 is 8.78 Å². The number of carbonyl (C=O) groups is 1. The number of nitrogen functional groups attached to an aromatic ring is 1. The number of rotatable bonds is 5. The summed E-state index contributed by atoms with van der Waals surface area (Å²) in [4.78, 5) is 42.6. The minimum atomic E-state index is -1.96. The predicted molar refractivity (Wildman–Crippen MR) is 160 cm³/mol. The average molecular weight is 630 g/mol. The molecule has 1 atom stereocenters. The Hall–Kier alpha value is -4.52. The molecule has 230 valence electrons. The van der Waals surface area contributed by atoms with Crippen molar-refractivity contribution in [3.05, 3.63) is 81.0 Å². The van der Waals surface area contributed by atoms with Crippen LogP contribution < -0.4 is 16.3 Å². The Balaban J connectivity index is 1.86. The zero-order valence-corrected chi connectivity index (χ0v) is 25.0. The fourth-order valence-electron chi connectivity index (χ4n) is 5.46. The highest BCUT2D eigenvalue weighted by molar-refractivity contribution is 6.35. The maximum Gasteiger partial charge on any atom is 0.355 e. The number of fused-ring (bicyclic) bond motifs is 1. The van der Waals surface area contributed by atoms with Crippen molar-refractivity contribution in [1.29, 1.82) is 0 Å². The highest BCUT2D eigenvalue weighted by Gasteiger charge is 2.32. The van der Waals surface area contributed by atoms with Gasteiger partial charge in [0.15, 0.2) is 28.9 Å². The number of aromatic nitrogens is 4. The molecule has 1 fully saturated rings. The Kier molecular flexibility index (Phi) is 8.10. The van der Waals surface area contributed by atoms with E-state index in [0.717, 1.165) is 10.6 Å². The quantitative estimate of drug-likeness (QED) is 0.105. The number of pyridine rings is 2. The molecule has 1 aromatic carbocycles. The van der Waals surface area contributed by atoms with Crippen molar-refractivity contribution < 1.29 is 22.4 Å². The van der Waals surface area contributed by atoms with Crippen LogP contribution in [-0.2, 0) is 4.79 Å². The molecule has 44 heavy (non-hydrogen) atoms. The van der Waals surface area contributed by atoms with Gasteiger partial charge in [-0.15, -0.1) is 0 Å². The summed E-state index contributed by atoms with van der Waals surface area (Å²) in [6.45, 7) is 11.5. The van der Waals surface area contributed by atoms with Crippen LogP contribution in [0, 0.1) is 30.2 Å². The highest BCUT2D eigenvalue weighted by atomic mass is 35.5. The molecular weight excluding hydrogens is 602 g/mol. The van der Waals surface area contributed by atoms with Crippen LogP contribution in [0.1, 0.15) is 37.9 Å². The number of amides is 1. The van der Waals surface area contributed by atoms with Crippen LogP contribution >= 0.6 is 11.6 Å². The van der Waals surface area contributed by atoms with Gasteiger partial charge in [-0.25, -0.2) is 31.9 Å². The maximum absolute atomic E-state index is 15.9. The summed E-state index contributed by atoms with van der Waals surface area (Å²) in [5, 5.41) is -0.723. The first-order valence-corrected chi connectivity index (χ1v) is 14.0. The third-order valence-electron chi connectivity index (χ3n) is 7.65. The Morgan fingerprint density at radius 2 is 1.86 bits per heavy atom. The first-order chi connectivity index (χ1) is 20.8. The predicted octanol–water partition coefficient (Wildman–Crippen LogP) is 5.29. The molecule has 1 aliphatic rings. The van der Waals surface area contributed by atoms with Gasteiger partial charge in [0.2, 0.25) is 5.91 Å². The lowest BCUT2D eigenvalue weighted by atomic mass is 10.0. The first kappa shape index (κ1) is 30.9. The van der Waals surface area contributed by atoms with Gasteiger partial charge in [0.1, 0.15) is 11.5 Å². The third-order valence-corrected chi connectivity index (χ3v) is 8.04. The molecule has 0 radical (unpaired) electrons. The summed E-state index contributed by atoms with van der Waals surface area (Å²) in [5.74, 6) is -7.01. The molecule has 0 bridgehead atoms.